The fourth-order valence-corrected chi connectivity index (χ4v) is 1.47. The Morgan fingerprint density at radius 3 is 1.67 bits per heavy atom. The molecule has 0 amide bonds. The van der Waals surface area contributed by atoms with E-state index in [1.165, 1.54) is 26.2 Å². The maximum absolute atomic E-state index is 4.01. The fraction of sp³-hybridized carbons (Fsp3) is 0.750. The zero-order chi connectivity index (χ0) is 11.3. The molecule has 0 aromatic heterocycles. The third-order valence-electron chi connectivity index (χ3n) is 2.58. The van der Waals surface area contributed by atoms with Crippen molar-refractivity contribution in [1.82, 2.24) is 9.80 Å². The number of aliphatic imine (C=N–C) groups is 1. The van der Waals surface area contributed by atoms with Crippen LogP contribution in [0.2, 0.25) is 0 Å². The van der Waals surface area contributed by atoms with Crippen molar-refractivity contribution in [2.24, 2.45) is 4.99 Å². The van der Waals surface area contributed by atoms with Crippen LogP contribution in [0.4, 0.5) is 0 Å². The van der Waals surface area contributed by atoms with Crippen LogP contribution in [-0.4, -0.2) is 80.3 Å². The van der Waals surface area contributed by atoms with E-state index < -0.39 is 0 Å². The molecule has 0 aromatic carbocycles. The van der Waals surface area contributed by atoms with Crippen molar-refractivity contribution in [2.45, 2.75) is 13.0 Å². The maximum atomic E-state index is 4.01. The van der Waals surface area contributed by atoms with Crippen LogP contribution in [0.3, 0.4) is 0 Å². The summed E-state index contributed by atoms with van der Waals surface area (Å²) in [6, 6.07) is 0.269. The summed E-state index contributed by atoms with van der Waals surface area (Å²) in [5.74, 6) is 0. The first kappa shape index (κ1) is 24.5. The fourth-order valence-electron chi connectivity index (χ4n) is 1.47. The molecule has 0 saturated carbocycles. The first-order chi connectivity index (χ1) is 7.08. The van der Waals surface area contributed by atoms with E-state index in [2.05, 4.69) is 35.1 Å². The minimum absolute atomic E-state index is 0. The number of piperazine rings is 1. The summed E-state index contributed by atoms with van der Waals surface area (Å²) >= 11 is 0. The second-order valence-electron chi connectivity index (χ2n) is 4.29. The van der Waals surface area contributed by atoms with Crippen LogP contribution in [0.25, 0.3) is 0 Å². The molecule has 18 heavy (non-hydrogen) atoms. The Kier molecular flexibility index (Phi) is 18.3. The molecule has 2 aliphatic rings. The van der Waals surface area contributed by atoms with Crippen molar-refractivity contribution >= 4 is 12.6 Å². The molecule has 0 spiro atoms. The molecule has 1 unspecified atom stereocenters. The number of hydrogen-bond acceptors (Lipinski definition) is 3. The van der Waals surface area contributed by atoms with E-state index >= 15 is 0 Å². The van der Waals surface area contributed by atoms with E-state index in [4.69, 9.17) is 0 Å². The quantitative estimate of drug-likeness (QED) is 0.430. The van der Waals surface area contributed by atoms with Crippen LogP contribution in [0.1, 0.15) is 6.92 Å². The monoisotopic (exact) mass is 403 g/mol. The predicted octanol–water partition coefficient (Wildman–Crippen LogP) is 0.316. The van der Waals surface area contributed by atoms with Crippen LogP contribution in [0.15, 0.2) is 4.99 Å². The smallest absolute Gasteiger partial charge is 0.132 e. The summed E-state index contributed by atoms with van der Waals surface area (Å²) < 4.78 is 1.84. The summed E-state index contributed by atoms with van der Waals surface area (Å²) in [6.07, 6.45) is 4.80. The van der Waals surface area contributed by atoms with Gasteiger partial charge in [0.05, 0.1) is 0 Å². The van der Waals surface area contributed by atoms with E-state index in [0.717, 1.165) is 0 Å². The van der Waals surface area contributed by atoms with Gasteiger partial charge in [-0.1, -0.05) is 0 Å². The Labute approximate surface area is 163 Å². The Bertz CT molecular complexity index is 238. The molecule has 0 aliphatic carbocycles. The van der Waals surface area contributed by atoms with Gasteiger partial charge < -0.3 is 21.8 Å². The summed E-state index contributed by atoms with van der Waals surface area (Å²) in [7, 11) is 6.27. The summed E-state index contributed by atoms with van der Waals surface area (Å²) in [5, 5.41) is 0. The third kappa shape index (κ3) is 11.3. The molecule has 0 aromatic rings. The summed E-state index contributed by atoms with van der Waals surface area (Å²) in [4.78, 5) is 8.73. The van der Waals surface area contributed by atoms with E-state index in [1.807, 2.05) is 18.5 Å². The van der Waals surface area contributed by atoms with Crippen LogP contribution >= 0.6 is 0 Å². The molecule has 4 nitrogen and oxygen atoms in total. The second-order valence-corrected chi connectivity index (χ2v) is 4.29. The molecular formula is C12H25N4Y2-. The predicted molar refractivity (Wildman–Crippen MR) is 70.6 cm³/mol. The SMILES string of the molecule is CC1[C-]=[N+](C)C=N1.CN1CCN(C)CC1.[CH3-].[Y].[Y]. The van der Waals surface area contributed by atoms with E-state index in [0.29, 0.717) is 0 Å². The van der Waals surface area contributed by atoms with E-state index in [1.54, 1.807) is 6.34 Å². The Hall–Kier alpha value is 1.47. The number of nitrogens with zero attached hydrogens (tertiary/aromatic N) is 4. The average Bonchev–Trinajstić information content (AvgIpc) is 2.56. The van der Waals surface area contributed by atoms with Gasteiger partial charge >= 0.3 is 0 Å². The van der Waals surface area contributed by atoms with Crippen molar-refractivity contribution in [3.63, 3.8) is 0 Å². The standard InChI is InChI=1S/C6H14N2.C5H8N2.CH3.2Y/c1-7-3-5-8(2)6-4-7;1-5-3-7(2)4-6-5;;;/h3-6H2,1-2H3;4-5H,1-2H3;1H3;;/q;;-1;;. The molecule has 2 heterocycles. The largest absolute Gasteiger partial charge is 0.402 e. The van der Waals surface area contributed by atoms with E-state index in [-0.39, 0.29) is 78.9 Å². The van der Waals surface area contributed by atoms with Gasteiger partial charge in [0, 0.05) is 98.6 Å². The van der Waals surface area contributed by atoms with Gasteiger partial charge in [-0.05, 0) is 27.2 Å². The molecule has 1 fully saturated rings. The third-order valence-corrected chi connectivity index (χ3v) is 2.58. The minimum Gasteiger partial charge on any atom is -0.402 e. The first-order valence-corrected chi connectivity index (χ1v) is 5.47. The molecule has 1 saturated heterocycles. The van der Waals surface area contributed by atoms with Crippen molar-refractivity contribution in [1.29, 1.82) is 0 Å². The van der Waals surface area contributed by atoms with E-state index in [9.17, 15) is 0 Å². The summed E-state index contributed by atoms with van der Waals surface area (Å²) in [6.45, 7) is 6.93. The molecule has 6 heteroatoms. The van der Waals surface area contributed by atoms with Crippen molar-refractivity contribution in [2.75, 3.05) is 47.3 Å². The Morgan fingerprint density at radius 2 is 1.50 bits per heavy atom. The molecular weight excluding hydrogens is 378 g/mol. The van der Waals surface area contributed by atoms with Gasteiger partial charge in [-0.15, -0.1) is 0 Å². The van der Waals surface area contributed by atoms with Crippen molar-refractivity contribution < 1.29 is 70.0 Å². The van der Waals surface area contributed by atoms with Crippen LogP contribution in [0, 0.1) is 7.43 Å². The van der Waals surface area contributed by atoms with Crippen molar-refractivity contribution in [3.05, 3.63) is 7.43 Å². The van der Waals surface area contributed by atoms with Gasteiger partial charge in [-0.2, -0.15) is 4.99 Å². The normalized spacial score (nSPS) is 22.7. The van der Waals surface area contributed by atoms with Gasteiger partial charge in [0.1, 0.15) is 12.4 Å². The van der Waals surface area contributed by atoms with Crippen LogP contribution in [-0.2, 0) is 65.4 Å². The Balaban J connectivity index is -0.000000215. The zero-order valence-corrected chi connectivity index (χ0v) is 18.1. The Morgan fingerprint density at radius 1 is 1.11 bits per heavy atom. The van der Waals surface area contributed by atoms with Gasteiger partial charge in [0.15, 0.2) is 0 Å². The molecule has 1 atom stereocenters. The number of hydrogen-bond donors (Lipinski definition) is 0. The topological polar surface area (TPSA) is 21.9 Å². The van der Waals surface area contributed by atoms with Gasteiger partial charge in [0.2, 0.25) is 0 Å². The maximum Gasteiger partial charge on any atom is 0.132 e. The second kappa shape index (κ2) is 13.5. The molecule has 0 bridgehead atoms. The van der Waals surface area contributed by atoms with Crippen LogP contribution < -0.4 is 0 Å². The van der Waals surface area contributed by atoms with Crippen LogP contribution in [0.5, 0.6) is 0 Å². The first-order valence-electron chi connectivity index (χ1n) is 5.47. The molecule has 2 rings (SSSR count). The minimum atomic E-state index is 0. The number of rotatable bonds is 0. The molecule has 0 N–H and O–H groups in total. The summed E-state index contributed by atoms with van der Waals surface area (Å²) in [5.41, 5.74) is 0. The molecule has 2 aliphatic heterocycles. The van der Waals surface area contributed by atoms with Crippen molar-refractivity contribution in [3.8, 4) is 0 Å². The molecule has 2 radical (unpaired) electrons. The zero-order valence-electron chi connectivity index (χ0n) is 12.4. The van der Waals surface area contributed by atoms with Gasteiger partial charge in [-0.3, -0.25) is 0 Å². The average molecular weight is 403 g/mol. The van der Waals surface area contributed by atoms with Gasteiger partial charge in [-0.25, -0.2) is 0 Å². The van der Waals surface area contributed by atoms with Gasteiger partial charge in [0.25, 0.3) is 0 Å². The number of likely N-dealkylation sites (N-methyl/N-ethyl adjacent to an activating group) is 2. The molecule has 100 valence electrons.